The number of benzene rings is 1. The molecule has 1 heterocycles. The largest absolute Gasteiger partial charge is 0.319 e. The van der Waals surface area contributed by atoms with Crippen molar-refractivity contribution in [2.24, 2.45) is 0 Å². The summed E-state index contributed by atoms with van der Waals surface area (Å²) in [5.74, 6) is -0.218. The summed E-state index contributed by atoms with van der Waals surface area (Å²) in [5, 5.41) is 9.61. The highest BCUT2D eigenvalue weighted by Crippen LogP contribution is 2.22. The van der Waals surface area contributed by atoms with Crippen LogP contribution in [0.15, 0.2) is 35.1 Å². The summed E-state index contributed by atoms with van der Waals surface area (Å²) in [6.07, 6.45) is 3.13. The fourth-order valence-electron chi connectivity index (χ4n) is 1.19. The number of carbonyl (C=O) groups excluding carboxylic acids is 1. The van der Waals surface area contributed by atoms with Crippen LogP contribution in [0, 0.1) is 0 Å². The van der Waals surface area contributed by atoms with Crippen LogP contribution in [0.25, 0.3) is 0 Å². The number of amides is 1. The molecule has 82 valence electrons. The van der Waals surface area contributed by atoms with Crippen LogP contribution < -0.4 is 5.32 Å². The molecule has 0 fully saturated rings. The summed E-state index contributed by atoms with van der Waals surface area (Å²) in [6.45, 7) is 0. The van der Waals surface area contributed by atoms with Crippen LogP contribution in [0.2, 0.25) is 5.02 Å². The van der Waals surface area contributed by atoms with E-state index in [0.29, 0.717) is 20.7 Å². The van der Waals surface area contributed by atoms with E-state index in [1.165, 1.54) is 6.20 Å². The number of carbonyl (C=O) groups is 1. The number of nitrogens with zero attached hydrogens (tertiary/aromatic N) is 1. The average molecular weight is 301 g/mol. The Morgan fingerprint density at radius 1 is 1.50 bits per heavy atom. The third kappa shape index (κ3) is 2.43. The van der Waals surface area contributed by atoms with Crippen molar-refractivity contribution in [3.63, 3.8) is 0 Å². The van der Waals surface area contributed by atoms with Crippen LogP contribution in [0.4, 0.5) is 5.69 Å². The number of hydrogen-bond acceptors (Lipinski definition) is 2. The fraction of sp³-hybridized carbons (Fsp3) is 0. The molecule has 0 saturated heterocycles. The average Bonchev–Trinajstić information content (AvgIpc) is 2.70. The van der Waals surface area contributed by atoms with Crippen LogP contribution in [0.3, 0.4) is 0 Å². The minimum atomic E-state index is -0.218. The summed E-state index contributed by atoms with van der Waals surface area (Å²) >= 11 is 9.07. The number of nitrogens with one attached hydrogen (secondary N) is 2. The van der Waals surface area contributed by atoms with Crippen LogP contribution in [-0.4, -0.2) is 16.1 Å². The lowest BCUT2D eigenvalue weighted by Crippen LogP contribution is -2.11. The zero-order valence-electron chi connectivity index (χ0n) is 8.00. The van der Waals surface area contributed by atoms with Gasteiger partial charge in [-0.3, -0.25) is 9.89 Å². The lowest BCUT2D eigenvalue weighted by atomic mass is 10.2. The fourth-order valence-corrected chi connectivity index (χ4v) is 2.05. The Kier molecular flexibility index (Phi) is 3.26. The van der Waals surface area contributed by atoms with E-state index in [9.17, 15) is 4.79 Å². The van der Waals surface area contributed by atoms with Crippen LogP contribution >= 0.6 is 27.5 Å². The van der Waals surface area contributed by atoms with E-state index in [1.54, 1.807) is 24.4 Å². The van der Waals surface area contributed by atoms with E-state index in [0.717, 1.165) is 0 Å². The molecule has 2 rings (SSSR count). The molecule has 0 aliphatic heterocycles. The number of halogens is 2. The number of hydrogen-bond donors (Lipinski definition) is 2. The molecule has 1 amide bonds. The van der Waals surface area contributed by atoms with E-state index in [1.807, 2.05) is 0 Å². The SMILES string of the molecule is O=C(Nc1cn[nH]c1)c1ccc(Cl)cc1Br. The van der Waals surface area contributed by atoms with Crippen molar-refractivity contribution in [1.82, 2.24) is 10.2 Å². The Morgan fingerprint density at radius 2 is 2.31 bits per heavy atom. The van der Waals surface area contributed by atoms with E-state index >= 15 is 0 Å². The Bertz CT molecular complexity index is 513. The summed E-state index contributed by atoms with van der Waals surface area (Å²) < 4.78 is 0.654. The van der Waals surface area contributed by atoms with E-state index < -0.39 is 0 Å². The highest BCUT2D eigenvalue weighted by molar-refractivity contribution is 9.10. The minimum Gasteiger partial charge on any atom is -0.319 e. The maximum absolute atomic E-state index is 11.8. The third-order valence-electron chi connectivity index (χ3n) is 1.93. The Balaban J connectivity index is 2.21. The molecule has 2 aromatic rings. The molecule has 1 aromatic heterocycles. The molecule has 0 bridgehead atoms. The van der Waals surface area contributed by atoms with Gasteiger partial charge < -0.3 is 5.32 Å². The molecule has 0 atom stereocenters. The number of aromatic amines is 1. The van der Waals surface area contributed by atoms with Gasteiger partial charge in [-0.2, -0.15) is 5.10 Å². The van der Waals surface area contributed by atoms with Gasteiger partial charge in [-0.25, -0.2) is 0 Å². The first-order valence-electron chi connectivity index (χ1n) is 4.42. The second-order valence-electron chi connectivity index (χ2n) is 3.07. The Hall–Kier alpha value is -1.33. The van der Waals surface area contributed by atoms with Gasteiger partial charge >= 0.3 is 0 Å². The maximum atomic E-state index is 11.8. The highest BCUT2D eigenvalue weighted by Gasteiger charge is 2.10. The third-order valence-corrected chi connectivity index (χ3v) is 2.82. The summed E-state index contributed by atoms with van der Waals surface area (Å²) in [5.41, 5.74) is 1.14. The van der Waals surface area contributed by atoms with Gasteiger partial charge in [0.15, 0.2) is 0 Å². The van der Waals surface area contributed by atoms with Crippen molar-refractivity contribution in [3.05, 3.63) is 45.7 Å². The number of H-pyrrole nitrogens is 1. The minimum absolute atomic E-state index is 0.218. The van der Waals surface area contributed by atoms with Crippen LogP contribution in [-0.2, 0) is 0 Å². The molecule has 0 spiro atoms. The first kappa shape index (κ1) is 11.2. The van der Waals surface area contributed by atoms with Gasteiger partial charge in [0.25, 0.3) is 5.91 Å². The lowest BCUT2D eigenvalue weighted by Gasteiger charge is -2.04. The molecular formula is C10H7BrClN3O. The molecule has 2 N–H and O–H groups in total. The number of aromatic nitrogens is 2. The first-order valence-corrected chi connectivity index (χ1v) is 5.59. The smallest absolute Gasteiger partial charge is 0.256 e. The zero-order valence-corrected chi connectivity index (χ0v) is 10.3. The van der Waals surface area contributed by atoms with Crippen molar-refractivity contribution in [2.45, 2.75) is 0 Å². The quantitative estimate of drug-likeness (QED) is 0.895. The number of anilines is 1. The van der Waals surface area contributed by atoms with Crippen molar-refractivity contribution >= 4 is 39.1 Å². The molecule has 6 heteroatoms. The van der Waals surface area contributed by atoms with Crippen LogP contribution in [0.1, 0.15) is 10.4 Å². The molecule has 0 radical (unpaired) electrons. The predicted octanol–water partition coefficient (Wildman–Crippen LogP) is 3.08. The molecule has 0 saturated carbocycles. The monoisotopic (exact) mass is 299 g/mol. The van der Waals surface area contributed by atoms with E-state index in [-0.39, 0.29) is 5.91 Å². The van der Waals surface area contributed by atoms with Crippen molar-refractivity contribution in [2.75, 3.05) is 5.32 Å². The highest BCUT2D eigenvalue weighted by atomic mass is 79.9. The van der Waals surface area contributed by atoms with Gasteiger partial charge in [-0.05, 0) is 34.1 Å². The molecular weight excluding hydrogens is 293 g/mol. The maximum Gasteiger partial charge on any atom is 0.256 e. The Morgan fingerprint density at radius 3 is 2.94 bits per heavy atom. The molecule has 16 heavy (non-hydrogen) atoms. The Labute approximate surface area is 105 Å². The first-order chi connectivity index (χ1) is 7.66. The second-order valence-corrected chi connectivity index (χ2v) is 4.36. The summed E-state index contributed by atoms with van der Waals surface area (Å²) in [6, 6.07) is 4.99. The van der Waals surface area contributed by atoms with E-state index in [4.69, 9.17) is 11.6 Å². The lowest BCUT2D eigenvalue weighted by molar-refractivity contribution is 0.102. The van der Waals surface area contributed by atoms with Crippen molar-refractivity contribution < 1.29 is 4.79 Å². The van der Waals surface area contributed by atoms with E-state index in [2.05, 4.69) is 31.4 Å². The van der Waals surface area contributed by atoms with Gasteiger partial charge in [0.2, 0.25) is 0 Å². The summed E-state index contributed by atoms with van der Waals surface area (Å²) in [4.78, 5) is 11.8. The molecule has 1 aromatic carbocycles. The topological polar surface area (TPSA) is 57.8 Å². The molecule has 0 unspecified atom stereocenters. The van der Waals surface area contributed by atoms with Gasteiger partial charge in [0.05, 0.1) is 17.4 Å². The molecule has 0 aliphatic carbocycles. The van der Waals surface area contributed by atoms with Gasteiger partial charge in [-0.1, -0.05) is 11.6 Å². The number of rotatable bonds is 2. The predicted molar refractivity (Wildman–Crippen MR) is 65.7 cm³/mol. The van der Waals surface area contributed by atoms with Gasteiger partial charge in [-0.15, -0.1) is 0 Å². The van der Waals surface area contributed by atoms with Gasteiger partial charge in [0.1, 0.15) is 0 Å². The molecule has 4 nitrogen and oxygen atoms in total. The second kappa shape index (κ2) is 4.67. The van der Waals surface area contributed by atoms with Crippen molar-refractivity contribution in [3.8, 4) is 0 Å². The molecule has 0 aliphatic rings. The standard InChI is InChI=1S/C10H7BrClN3O/c11-9-3-6(12)1-2-8(9)10(16)15-7-4-13-14-5-7/h1-5H,(H,13,14)(H,15,16). The van der Waals surface area contributed by atoms with Crippen LogP contribution in [0.5, 0.6) is 0 Å². The zero-order chi connectivity index (χ0) is 11.5. The van der Waals surface area contributed by atoms with Crippen molar-refractivity contribution in [1.29, 1.82) is 0 Å². The normalized spacial score (nSPS) is 10.1. The summed E-state index contributed by atoms with van der Waals surface area (Å²) in [7, 11) is 0. The van der Waals surface area contributed by atoms with Gasteiger partial charge in [0, 0.05) is 15.7 Å².